The van der Waals surface area contributed by atoms with Gasteiger partial charge in [-0.15, -0.1) is 13.0 Å². The zero-order chi connectivity index (χ0) is 24.0. The van der Waals surface area contributed by atoms with Gasteiger partial charge in [0.15, 0.2) is 17.7 Å². The Morgan fingerprint density at radius 3 is 2.76 bits per heavy atom. The van der Waals surface area contributed by atoms with Crippen molar-refractivity contribution in [3.63, 3.8) is 0 Å². The highest BCUT2D eigenvalue weighted by Crippen LogP contribution is 2.44. The summed E-state index contributed by atoms with van der Waals surface area (Å²) in [7, 11) is 0. The van der Waals surface area contributed by atoms with Crippen molar-refractivity contribution >= 4 is 23.3 Å². The number of nitrogen functional groups attached to an aromatic ring is 2. The minimum absolute atomic E-state index is 0.0291. The Morgan fingerprint density at radius 2 is 2.12 bits per heavy atom. The van der Waals surface area contributed by atoms with E-state index in [9.17, 15) is 5.26 Å². The number of allylic oxidation sites excluding steroid dienone is 1. The highest BCUT2D eigenvalue weighted by molar-refractivity contribution is 5.98. The van der Waals surface area contributed by atoms with Crippen LogP contribution in [0.5, 0.6) is 11.5 Å². The molecule has 1 atom stereocenters. The molecular weight excluding hydrogens is 420 g/mol. The molecule has 6 N–H and O–H groups in total. The third kappa shape index (κ3) is 4.43. The van der Waals surface area contributed by atoms with Gasteiger partial charge in [0.1, 0.15) is 35.9 Å². The summed E-state index contributed by atoms with van der Waals surface area (Å²) in [5, 5.41) is 24.0. The second kappa shape index (κ2) is 9.95. The first-order valence-electron chi connectivity index (χ1n) is 9.94. The van der Waals surface area contributed by atoms with Crippen molar-refractivity contribution in [1.29, 1.82) is 10.5 Å². The van der Waals surface area contributed by atoms with E-state index in [1.165, 1.54) is 0 Å². The maximum absolute atomic E-state index is 9.52. The van der Waals surface area contributed by atoms with Gasteiger partial charge < -0.3 is 26.3 Å². The van der Waals surface area contributed by atoms with Gasteiger partial charge in [0.2, 0.25) is 5.96 Å². The van der Waals surface area contributed by atoms with Crippen LogP contribution in [-0.4, -0.2) is 24.2 Å². The molecule has 3 rings (SSSR count). The van der Waals surface area contributed by atoms with E-state index in [1.54, 1.807) is 12.1 Å². The molecule has 10 heteroatoms. The summed E-state index contributed by atoms with van der Waals surface area (Å²) >= 11 is 0. The van der Waals surface area contributed by atoms with Crippen molar-refractivity contribution in [2.45, 2.75) is 19.4 Å². The average molecular weight is 442 g/mol. The lowest BCUT2D eigenvalue weighted by molar-refractivity contribution is 0.297. The van der Waals surface area contributed by atoms with Crippen LogP contribution < -0.4 is 31.6 Å². The van der Waals surface area contributed by atoms with E-state index < -0.39 is 6.04 Å². The highest BCUT2D eigenvalue weighted by Gasteiger charge is 2.31. The molecule has 0 bridgehead atoms. The fourth-order valence-electron chi connectivity index (χ4n) is 3.51. The van der Waals surface area contributed by atoms with Crippen molar-refractivity contribution in [2.24, 2.45) is 4.99 Å². The summed E-state index contributed by atoms with van der Waals surface area (Å²) in [6.45, 7) is 6.11. The van der Waals surface area contributed by atoms with Crippen molar-refractivity contribution in [1.82, 2.24) is 10.3 Å². The highest BCUT2D eigenvalue weighted by atomic mass is 16.5. The van der Waals surface area contributed by atoms with Crippen LogP contribution in [0.3, 0.4) is 0 Å². The van der Waals surface area contributed by atoms with Crippen LogP contribution in [0, 0.1) is 35.1 Å². The zero-order valence-electron chi connectivity index (χ0n) is 18.0. The number of guanidine groups is 1. The van der Waals surface area contributed by atoms with E-state index in [1.807, 2.05) is 25.3 Å². The number of anilines is 3. The first-order valence-corrected chi connectivity index (χ1v) is 9.94. The number of fused-ring (bicyclic) bond motifs is 1. The van der Waals surface area contributed by atoms with E-state index in [4.69, 9.17) is 32.6 Å². The lowest BCUT2D eigenvalue weighted by Crippen LogP contribution is -2.32. The van der Waals surface area contributed by atoms with Gasteiger partial charge in [0.25, 0.3) is 0 Å². The topological polar surface area (TPSA) is 167 Å². The largest absolute Gasteiger partial charge is 0.490 e. The Labute approximate surface area is 191 Å². The molecule has 0 radical (unpaired) electrons. The SMILES string of the molecule is C#CCOc1c(CC=C)cc(C2N=C(NC#N)Nc3nc(N)c(C#N)c(N)c32)cc1OCC. The number of nitrogens with one attached hydrogen (secondary N) is 2. The van der Waals surface area contributed by atoms with Crippen LogP contribution in [0.15, 0.2) is 29.8 Å². The molecular formula is C23H22N8O2. The maximum Gasteiger partial charge on any atom is 0.211 e. The van der Waals surface area contributed by atoms with E-state index in [2.05, 4.69) is 33.1 Å². The molecule has 2 aromatic rings. The normalized spacial score (nSPS) is 13.8. The van der Waals surface area contributed by atoms with E-state index in [0.717, 1.165) is 5.56 Å². The van der Waals surface area contributed by atoms with Gasteiger partial charge in [-0.25, -0.2) is 9.98 Å². The summed E-state index contributed by atoms with van der Waals surface area (Å²) in [6.07, 6.45) is 9.39. The Kier molecular flexibility index (Phi) is 6.87. The predicted octanol–water partition coefficient (Wildman–Crippen LogP) is 2.20. The summed E-state index contributed by atoms with van der Waals surface area (Å²) in [4.78, 5) is 8.86. The summed E-state index contributed by atoms with van der Waals surface area (Å²) < 4.78 is 11.6. The predicted molar refractivity (Wildman–Crippen MR) is 125 cm³/mol. The minimum Gasteiger partial charge on any atom is -0.490 e. The molecule has 0 saturated heterocycles. The number of terminal acetylenes is 1. The van der Waals surface area contributed by atoms with Gasteiger partial charge in [-0.2, -0.15) is 10.5 Å². The maximum atomic E-state index is 9.52. The monoisotopic (exact) mass is 442 g/mol. The molecule has 166 valence electrons. The van der Waals surface area contributed by atoms with E-state index >= 15 is 0 Å². The van der Waals surface area contributed by atoms with Gasteiger partial charge in [-0.1, -0.05) is 12.0 Å². The van der Waals surface area contributed by atoms with Crippen molar-refractivity contribution in [2.75, 3.05) is 30.0 Å². The Balaban J connectivity index is 2.28. The Hall–Kier alpha value is -4.88. The van der Waals surface area contributed by atoms with Crippen molar-refractivity contribution in [3.8, 4) is 36.1 Å². The zero-order valence-corrected chi connectivity index (χ0v) is 18.0. The lowest BCUT2D eigenvalue weighted by atomic mass is 9.93. The molecule has 1 unspecified atom stereocenters. The molecule has 0 fully saturated rings. The summed E-state index contributed by atoms with van der Waals surface area (Å²) in [5.74, 6) is 3.84. The first kappa shape index (κ1) is 22.8. The van der Waals surface area contributed by atoms with E-state index in [0.29, 0.717) is 35.7 Å². The molecule has 0 amide bonds. The van der Waals surface area contributed by atoms with Crippen LogP contribution in [0.4, 0.5) is 17.3 Å². The van der Waals surface area contributed by atoms with Gasteiger partial charge in [0.05, 0.1) is 12.3 Å². The van der Waals surface area contributed by atoms with Crippen LogP contribution in [0.1, 0.15) is 35.2 Å². The number of nitrogens with two attached hydrogens (primary N) is 2. The number of aromatic nitrogens is 1. The molecule has 1 aromatic heterocycles. The van der Waals surface area contributed by atoms with Gasteiger partial charge in [0, 0.05) is 11.1 Å². The molecule has 1 aromatic carbocycles. The third-order valence-corrected chi connectivity index (χ3v) is 4.79. The van der Waals surface area contributed by atoms with Gasteiger partial charge in [-0.3, -0.25) is 5.32 Å². The number of benzene rings is 1. The number of ether oxygens (including phenoxy) is 2. The molecule has 1 aliphatic heterocycles. The quantitative estimate of drug-likeness (QED) is 0.217. The number of hydrogen-bond donors (Lipinski definition) is 4. The smallest absolute Gasteiger partial charge is 0.211 e. The molecule has 0 aliphatic carbocycles. The number of aliphatic imine (C=N–C) groups is 1. The number of nitrogens with zero attached hydrogens (tertiary/aromatic N) is 4. The van der Waals surface area contributed by atoms with E-state index in [-0.39, 0.29) is 35.5 Å². The number of rotatable bonds is 7. The average Bonchev–Trinajstić information content (AvgIpc) is 2.78. The summed E-state index contributed by atoms with van der Waals surface area (Å²) in [6, 6.07) is 4.89. The fraction of sp³-hybridized carbons (Fsp3) is 0.217. The number of pyridine rings is 1. The van der Waals surface area contributed by atoms with Crippen LogP contribution in [-0.2, 0) is 6.42 Å². The molecule has 0 spiro atoms. The van der Waals surface area contributed by atoms with Gasteiger partial charge >= 0.3 is 0 Å². The molecule has 10 nitrogen and oxygen atoms in total. The molecule has 0 saturated carbocycles. The summed E-state index contributed by atoms with van der Waals surface area (Å²) in [5.41, 5.74) is 14.3. The first-order chi connectivity index (χ1) is 16.0. The Bertz CT molecular complexity index is 1250. The standard InChI is InChI=1S/C23H22N8O2/c1-4-7-13-9-14(10-16(32-6-3)20(13)33-8-5-2)19-17-18(26)15(11-24)21(27)30-22(17)31-23(29-19)28-12-25/h2,4,9-10,19H,1,6-8H2,3H3,(H6,26,27,28,29,30,31). The number of hydrogen-bond acceptors (Lipinski definition) is 10. The van der Waals surface area contributed by atoms with Crippen LogP contribution in [0.25, 0.3) is 0 Å². The lowest BCUT2D eigenvalue weighted by Gasteiger charge is -2.27. The van der Waals surface area contributed by atoms with Crippen molar-refractivity contribution in [3.05, 3.63) is 47.0 Å². The minimum atomic E-state index is -0.721. The fourth-order valence-corrected chi connectivity index (χ4v) is 3.51. The molecule has 1 aliphatic rings. The van der Waals surface area contributed by atoms with Crippen LogP contribution in [0.2, 0.25) is 0 Å². The molecule has 2 heterocycles. The van der Waals surface area contributed by atoms with Crippen molar-refractivity contribution < 1.29 is 9.47 Å². The second-order valence-electron chi connectivity index (χ2n) is 6.83. The van der Waals surface area contributed by atoms with Gasteiger partial charge in [-0.05, 0) is 31.0 Å². The molecule has 33 heavy (non-hydrogen) atoms. The Morgan fingerprint density at radius 1 is 1.33 bits per heavy atom. The third-order valence-electron chi connectivity index (χ3n) is 4.79. The van der Waals surface area contributed by atoms with Crippen LogP contribution >= 0.6 is 0 Å². The second-order valence-corrected chi connectivity index (χ2v) is 6.83. The number of nitriles is 2.